The minimum atomic E-state index is -1.18. The predicted octanol–water partition coefficient (Wildman–Crippen LogP) is 2.83. The first-order valence-electron chi connectivity index (χ1n) is 11.1. The van der Waals surface area contributed by atoms with Gasteiger partial charge in [0.2, 0.25) is 0 Å². The molecule has 7 heteroatoms. The van der Waals surface area contributed by atoms with Crippen LogP contribution in [0.4, 0.5) is 4.39 Å². The van der Waals surface area contributed by atoms with Crippen LogP contribution in [0.2, 0.25) is 0 Å². The third kappa shape index (κ3) is 4.95. The Balaban J connectivity index is 1.57. The molecule has 1 saturated carbocycles. The zero-order valence-corrected chi connectivity index (χ0v) is 17.9. The first-order valence-corrected chi connectivity index (χ1v) is 11.1. The first-order chi connectivity index (χ1) is 15.6. The SMILES string of the molecule is O=C(N[C@H](Cc1ccccn1)[C@H](O)CO)c1cccc(F)c1C1=NCC(C2CCCC2)=C1. The average Bonchev–Trinajstić information content (AvgIpc) is 3.50. The lowest BCUT2D eigenvalue weighted by molar-refractivity contribution is 0.0565. The molecule has 0 radical (unpaired) electrons. The number of carbonyl (C=O) groups is 1. The summed E-state index contributed by atoms with van der Waals surface area (Å²) in [6.07, 6.45) is 7.27. The highest BCUT2D eigenvalue weighted by molar-refractivity contribution is 6.16. The lowest BCUT2D eigenvalue weighted by Crippen LogP contribution is -2.46. The number of nitrogens with one attached hydrogen (secondary N) is 1. The standard InChI is InChI=1S/C25H28FN3O3/c26-20-10-5-9-19(24(20)22-12-17(14-28-22)16-6-1-2-7-16)25(32)29-21(23(31)15-30)13-18-8-3-4-11-27-18/h3-5,8-12,16,21,23,30-31H,1-2,6-7,13-15H2,(H,29,32)/t21-,23-/m1/s1. The van der Waals surface area contributed by atoms with E-state index >= 15 is 0 Å². The van der Waals surface area contributed by atoms with Crippen molar-refractivity contribution in [3.63, 3.8) is 0 Å². The summed E-state index contributed by atoms with van der Waals surface area (Å²) in [7, 11) is 0. The van der Waals surface area contributed by atoms with Gasteiger partial charge in [0.15, 0.2) is 0 Å². The van der Waals surface area contributed by atoms with Crippen LogP contribution in [0.3, 0.4) is 0 Å². The van der Waals surface area contributed by atoms with Crippen molar-refractivity contribution in [2.24, 2.45) is 10.9 Å². The van der Waals surface area contributed by atoms with Gasteiger partial charge in [0, 0.05) is 23.9 Å². The monoisotopic (exact) mass is 437 g/mol. The topological polar surface area (TPSA) is 94.8 Å². The molecule has 1 aromatic carbocycles. The quantitative estimate of drug-likeness (QED) is 0.592. The molecule has 2 aliphatic rings. The van der Waals surface area contributed by atoms with Crippen LogP contribution >= 0.6 is 0 Å². The molecule has 4 rings (SSSR count). The molecule has 1 aromatic heterocycles. The number of rotatable bonds is 8. The average molecular weight is 438 g/mol. The van der Waals surface area contributed by atoms with Crippen molar-refractivity contribution in [2.75, 3.05) is 13.2 Å². The van der Waals surface area contributed by atoms with Crippen molar-refractivity contribution in [3.8, 4) is 0 Å². The highest BCUT2D eigenvalue weighted by Gasteiger charge is 2.28. The van der Waals surface area contributed by atoms with E-state index in [2.05, 4.69) is 15.3 Å². The molecule has 6 nitrogen and oxygen atoms in total. The number of aromatic nitrogens is 1. The second kappa shape index (κ2) is 10.1. The van der Waals surface area contributed by atoms with Crippen molar-refractivity contribution in [2.45, 2.75) is 44.2 Å². The van der Waals surface area contributed by atoms with Gasteiger partial charge in [0.05, 0.1) is 36.6 Å². The summed E-state index contributed by atoms with van der Waals surface area (Å²) in [5.41, 5.74) is 2.68. The fraction of sp³-hybridized carbons (Fsp3) is 0.400. The van der Waals surface area contributed by atoms with Crippen LogP contribution in [-0.4, -0.2) is 52.1 Å². The number of benzene rings is 1. The smallest absolute Gasteiger partial charge is 0.252 e. The maximum atomic E-state index is 14.9. The Morgan fingerprint density at radius 2 is 2.00 bits per heavy atom. The van der Waals surface area contributed by atoms with Gasteiger partial charge in [0.1, 0.15) is 5.82 Å². The number of carbonyl (C=O) groups excluding carboxylic acids is 1. The number of pyridine rings is 1. The summed E-state index contributed by atoms with van der Waals surface area (Å²) in [4.78, 5) is 21.9. The molecule has 1 amide bonds. The van der Waals surface area contributed by atoms with Crippen LogP contribution in [0.5, 0.6) is 0 Å². The molecule has 2 atom stereocenters. The molecule has 32 heavy (non-hydrogen) atoms. The van der Waals surface area contributed by atoms with Gasteiger partial charge in [-0.2, -0.15) is 0 Å². The Kier molecular flexibility index (Phi) is 7.07. The Morgan fingerprint density at radius 3 is 2.72 bits per heavy atom. The fourth-order valence-corrected chi connectivity index (χ4v) is 4.51. The molecule has 1 fully saturated rings. The molecule has 0 unspecified atom stereocenters. The fourth-order valence-electron chi connectivity index (χ4n) is 4.51. The summed E-state index contributed by atoms with van der Waals surface area (Å²) in [6.45, 7) is 0.0227. The van der Waals surface area contributed by atoms with E-state index in [0.717, 1.165) is 12.8 Å². The van der Waals surface area contributed by atoms with Crippen molar-refractivity contribution >= 4 is 11.6 Å². The van der Waals surface area contributed by atoms with Crippen LogP contribution in [0.15, 0.2) is 59.2 Å². The van der Waals surface area contributed by atoms with Gasteiger partial charge >= 0.3 is 0 Å². The van der Waals surface area contributed by atoms with Gasteiger partial charge in [-0.25, -0.2) is 4.39 Å². The maximum absolute atomic E-state index is 14.9. The van der Waals surface area contributed by atoms with E-state index in [4.69, 9.17) is 0 Å². The van der Waals surface area contributed by atoms with Crippen LogP contribution in [0.25, 0.3) is 0 Å². The number of aliphatic hydroxyl groups is 2. The molecule has 0 spiro atoms. The number of aliphatic hydroxyl groups excluding tert-OH is 2. The number of aliphatic imine (C=N–C) groups is 1. The van der Waals surface area contributed by atoms with Gasteiger partial charge in [-0.3, -0.25) is 14.8 Å². The third-order valence-electron chi connectivity index (χ3n) is 6.27. The Morgan fingerprint density at radius 1 is 1.19 bits per heavy atom. The number of hydrogen-bond acceptors (Lipinski definition) is 5. The van der Waals surface area contributed by atoms with Crippen molar-refractivity contribution in [1.29, 1.82) is 0 Å². The molecular formula is C25H28FN3O3. The maximum Gasteiger partial charge on any atom is 0.252 e. The Bertz CT molecular complexity index is 1020. The minimum absolute atomic E-state index is 0.156. The van der Waals surface area contributed by atoms with Crippen molar-refractivity contribution in [3.05, 3.63) is 76.9 Å². The number of halogens is 1. The van der Waals surface area contributed by atoms with Crippen molar-refractivity contribution in [1.82, 2.24) is 10.3 Å². The molecule has 168 valence electrons. The molecule has 1 aliphatic carbocycles. The molecule has 0 saturated heterocycles. The highest BCUT2D eigenvalue weighted by Crippen LogP contribution is 2.33. The molecule has 0 bridgehead atoms. The van der Waals surface area contributed by atoms with E-state index in [9.17, 15) is 19.4 Å². The number of amides is 1. The summed E-state index contributed by atoms with van der Waals surface area (Å²) in [5.74, 6) is -0.551. The van der Waals surface area contributed by atoms with Gasteiger partial charge in [-0.15, -0.1) is 0 Å². The van der Waals surface area contributed by atoms with Gasteiger partial charge in [-0.05, 0) is 54.7 Å². The molecule has 2 heterocycles. The van der Waals surface area contributed by atoms with E-state index < -0.39 is 30.5 Å². The van der Waals surface area contributed by atoms with Crippen LogP contribution < -0.4 is 5.32 Å². The Hall–Kier alpha value is -2.90. The van der Waals surface area contributed by atoms with E-state index in [0.29, 0.717) is 23.9 Å². The predicted molar refractivity (Wildman–Crippen MR) is 120 cm³/mol. The van der Waals surface area contributed by atoms with Crippen LogP contribution in [0, 0.1) is 11.7 Å². The minimum Gasteiger partial charge on any atom is -0.394 e. The zero-order valence-electron chi connectivity index (χ0n) is 17.9. The second-order valence-corrected chi connectivity index (χ2v) is 8.42. The van der Waals surface area contributed by atoms with Gasteiger partial charge < -0.3 is 15.5 Å². The molecule has 1 aliphatic heterocycles. The number of allylic oxidation sites excluding steroid dienone is 1. The number of hydrogen-bond donors (Lipinski definition) is 3. The first kappa shape index (κ1) is 22.3. The summed E-state index contributed by atoms with van der Waals surface area (Å²) >= 11 is 0. The second-order valence-electron chi connectivity index (χ2n) is 8.42. The Labute approximate surface area is 186 Å². The molecule has 3 N–H and O–H groups in total. The lowest BCUT2D eigenvalue weighted by atomic mass is 9.95. The van der Waals surface area contributed by atoms with Gasteiger partial charge in [0.25, 0.3) is 5.91 Å². The number of nitrogens with zero attached hydrogens (tertiary/aromatic N) is 2. The summed E-state index contributed by atoms with van der Waals surface area (Å²) < 4.78 is 14.9. The summed E-state index contributed by atoms with van der Waals surface area (Å²) in [6, 6.07) is 8.94. The van der Waals surface area contributed by atoms with Crippen LogP contribution in [-0.2, 0) is 6.42 Å². The lowest BCUT2D eigenvalue weighted by Gasteiger charge is -2.23. The zero-order chi connectivity index (χ0) is 22.5. The van der Waals surface area contributed by atoms with E-state index in [-0.39, 0.29) is 17.5 Å². The normalized spacial score (nSPS) is 18.2. The highest BCUT2D eigenvalue weighted by atomic mass is 19.1. The van der Waals surface area contributed by atoms with E-state index in [1.807, 2.05) is 12.1 Å². The summed E-state index contributed by atoms with van der Waals surface area (Å²) in [5, 5.41) is 22.5. The van der Waals surface area contributed by atoms with E-state index in [1.165, 1.54) is 30.5 Å². The molecule has 2 aromatic rings. The largest absolute Gasteiger partial charge is 0.394 e. The van der Waals surface area contributed by atoms with E-state index in [1.54, 1.807) is 24.4 Å². The molecular weight excluding hydrogens is 409 g/mol. The van der Waals surface area contributed by atoms with Gasteiger partial charge in [-0.1, -0.05) is 25.0 Å². The van der Waals surface area contributed by atoms with Crippen molar-refractivity contribution < 1.29 is 19.4 Å². The third-order valence-corrected chi connectivity index (χ3v) is 6.27. The van der Waals surface area contributed by atoms with Crippen LogP contribution in [0.1, 0.15) is 47.3 Å².